The summed E-state index contributed by atoms with van der Waals surface area (Å²) in [6, 6.07) is 11.6. The van der Waals surface area contributed by atoms with Gasteiger partial charge in [-0.25, -0.2) is 9.67 Å². The highest BCUT2D eigenvalue weighted by Gasteiger charge is 2.23. The van der Waals surface area contributed by atoms with E-state index in [-0.39, 0.29) is 5.56 Å². The summed E-state index contributed by atoms with van der Waals surface area (Å²) in [5.41, 5.74) is 2.74. The number of para-hydroxylation sites is 1. The van der Waals surface area contributed by atoms with Crippen LogP contribution < -0.4 is 5.56 Å². The second-order valence-electron chi connectivity index (χ2n) is 6.40. The lowest BCUT2D eigenvalue weighted by molar-refractivity contribution is 0.196. The molecule has 3 aromatic rings. The van der Waals surface area contributed by atoms with E-state index >= 15 is 0 Å². The molecule has 0 amide bonds. The van der Waals surface area contributed by atoms with E-state index in [1.54, 1.807) is 10.7 Å². The number of nitrogens with zero attached hydrogens (tertiary/aromatic N) is 5. The van der Waals surface area contributed by atoms with Crippen molar-refractivity contribution in [3.05, 3.63) is 70.7 Å². The van der Waals surface area contributed by atoms with Gasteiger partial charge < -0.3 is 4.98 Å². The Bertz CT molecular complexity index is 888. The van der Waals surface area contributed by atoms with Crippen LogP contribution in [0.1, 0.15) is 30.1 Å². The summed E-state index contributed by atoms with van der Waals surface area (Å²) in [6.07, 6.45) is 5.61. The first kappa shape index (κ1) is 15.7. The lowest BCUT2D eigenvalue weighted by atomic mass is 9.94. The molecule has 3 heterocycles. The zero-order valence-corrected chi connectivity index (χ0v) is 13.9. The topological polar surface area (TPSA) is 79.7 Å². The molecule has 128 valence electrons. The molecular weight excluding hydrogens is 316 g/mol. The van der Waals surface area contributed by atoms with Crippen LogP contribution >= 0.6 is 0 Å². The van der Waals surface area contributed by atoms with Gasteiger partial charge in [-0.3, -0.25) is 9.69 Å². The van der Waals surface area contributed by atoms with Gasteiger partial charge in [0.15, 0.2) is 0 Å². The van der Waals surface area contributed by atoms with Crippen LogP contribution in [-0.4, -0.2) is 43.0 Å². The quantitative estimate of drug-likeness (QED) is 0.785. The molecule has 2 aromatic heterocycles. The van der Waals surface area contributed by atoms with Crippen molar-refractivity contribution in [3.63, 3.8) is 0 Å². The molecule has 25 heavy (non-hydrogen) atoms. The van der Waals surface area contributed by atoms with Gasteiger partial charge in [0.25, 0.3) is 5.56 Å². The second kappa shape index (κ2) is 6.98. The number of aromatic nitrogens is 5. The van der Waals surface area contributed by atoms with Crippen LogP contribution in [0.25, 0.3) is 5.69 Å². The number of piperidine rings is 1. The SMILES string of the molecule is O=c1cc([C@H]2CCCN(Cc3cn(-c4ccccc4)nn3)C2)nc[nH]1. The number of benzene rings is 1. The molecule has 4 rings (SSSR count). The first-order valence-corrected chi connectivity index (χ1v) is 8.51. The van der Waals surface area contributed by atoms with Gasteiger partial charge in [0, 0.05) is 25.1 Å². The van der Waals surface area contributed by atoms with Crippen LogP contribution in [0.3, 0.4) is 0 Å². The van der Waals surface area contributed by atoms with Gasteiger partial charge in [0.2, 0.25) is 0 Å². The van der Waals surface area contributed by atoms with E-state index < -0.39 is 0 Å². The molecular formula is C18H20N6O. The predicted molar refractivity (Wildman–Crippen MR) is 93.5 cm³/mol. The average Bonchev–Trinajstić information content (AvgIpc) is 3.11. The predicted octanol–water partition coefficient (Wildman–Crippen LogP) is 1.73. The van der Waals surface area contributed by atoms with E-state index in [0.29, 0.717) is 5.92 Å². The van der Waals surface area contributed by atoms with Crippen molar-refractivity contribution in [3.8, 4) is 5.69 Å². The van der Waals surface area contributed by atoms with E-state index in [1.165, 1.54) is 6.33 Å². The Kier molecular flexibility index (Phi) is 4.39. The molecule has 1 N–H and O–H groups in total. The van der Waals surface area contributed by atoms with Crippen molar-refractivity contribution in [2.45, 2.75) is 25.3 Å². The third kappa shape index (κ3) is 3.66. The Balaban J connectivity index is 1.44. The van der Waals surface area contributed by atoms with Crippen molar-refractivity contribution in [2.24, 2.45) is 0 Å². The fourth-order valence-corrected chi connectivity index (χ4v) is 3.35. The van der Waals surface area contributed by atoms with Gasteiger partial charge in [-0.05, 0) is 31.5 Å². The van der Waals surface area contributed by atoms with E-state index in [2.05, 4.69) is 25.2 Å². The second-order valence-corrected chi connectivity index (χ2v) is 6.40. The Hall–Kier alpha value is -2.80. The Morgan fingerprint density at radius 2 is 2.12 bits per heavy atom. The number of aromatic amines is 1. The van der Waals surface area contributed by atoms with Gasteiger partial charge in [0.1, 0.15) is 0 Å². The number of rotatable bonds is 4. The molecule has 1 fully saturated rings. The fraction of sp³-hybridized carbons (Fsp3) is 0.333. The van der Waals surface area contributed by atoms with Crippen molar-refractivity contribution >= 4 is 0 Å². The molecule has 0 saturated carbocycles. The molecule has 1 aliphatic rings. The number of likely N-dealkylation sites (tertiary alicyclic amines) is 1. The van der Waals surface area contributed by atoms with Gasteiger partial charge in [-0.1, -0.05) is 23.4 Å². The summed E-state index contributed by atoms with van der Waals surface area (Å²) < 4.78 is 1.80. The first-order chi connectivity index (χ1) is 12.3. The first-order valence-electron chi connectivity index (χ1n) is 8.51. The summed E-state index contributed by atoms with van der Waals surface area (Å²) in [6.45, 7) is 2.67. The van der Waals surface area contributed by atoms with Crippen LogP contribution in [0.4, 0.5) is 0 Å². The minimum absolute atomic E-state index is 0.0899. The van der Waals surface area contributed by atoms with Crippen LogP contribution in [0.15, 0.2) is 53.7 Å². The Labute approximate surface area is 145 Å². The van der Waals surface area contributed by atoms with Gasteiger partial charge in [-0.2, -0.15) is 0 Å². The molecule has 0 bridgehead atoms. The molecule has 0 aliphatic carbocycles. The molecule has 1 atom stereocenters. The van der Waals surface area contributed by atoms with Crippen molar-refractivity contribution in [1.29, 1.82) is 0 Å². The third-order valence-corrected chi connectivity index (χ3v) is 4.57. The zero-order valence-electron chi connectivity index (χ0n) is 13.9. The van der Waals surface area contributed by atoms with Crippen LogP contribution in [0, 0.1) is 0 Å². The van der Waals surface area contributed by atoms with E-state index in [9.17, 15) is 4.79 Å². The summed E-state index contributed by atoms with van der Waals surface area (Å²) >= 11 is 0. The standard InChI is InChI=1S/C18H20N6O/c25-18-9-17(19-13-20-18)14-5-4-8-23(10-14)11-15-12-24(22-21-15)16-6-2-1-3-7-16/h1-3,6-7,9,12-14H,4-5,8,10-11H2,(H,19,20,25)/t14-/m0/s1. The normalized spacial score (nSPS) is 18.3. The van der Waals surface area contributed by atoms with E-state index in [4.69, 9.17) is 0 Å². The maximum Gasteiger partial charge on any atom is 0.250 e. The summed E-state index contributed by atoms with van der Waals surface area (Å²) in [4.78, 5) is 20.8. The molecule has 7 heteroatoms. The summed E-state index contributed by atoms with van der Waals surface area (Å²) in [5, 5.41) is 8.52. The number of nitrogens with one attached hydrogen (secondary N) is 1. The van der Waals surface area contributed by atoms with Crippen LogP contribution in [0.5, 0.6) is 0 Å². The number of hydrogen-bond donors (Lipinski definition) is 1. The van der Waals surface area contributed by atoms with E-state index in [0.717, 1.165) is 49.6 Å². The van der Waals surface area contributed by atoms with Gasteiger partial charge in [-0.15, -0.1) is 5.10 Å². The third-order valence-electron chi connectivity index (χ3n) is 4.57. The number of hydrogen-bond acceptors (Lipinski definition) is 5. The monoisotopic (exact) mass is 336 g/mol. The molecule has 1 aliphatic heterocycles. The Morgan fingerprint density at radius 3 is 2.96 bits per heavy atom. The van der Waals surface area contributed by atoms with Crippen LogP contribution in [-0.2, 0) is 6.54 Å². The van der Waals surface area contributed by atoms with Crippen molar-refractivity contribution < 1.29 is 0 Å². The minimum atomic E-state index is -0.0899. The average molecular weight is 336 g/mol. The van der Waals surface area contributed by atoms with Crippen molar-refractivity contribution in [1.82, 2.24) is 29.9 Å². The van der Waals surface area contributed by atoms with Crippen LogP contribution in [0.2, 0.25) is 0 Å². The molecule has 0 unspecified atom stereocenters. The molecule has 0 radical (unpaired) electrons. The minimum Gasteiger partial charge on any atom is -0.313 e. The summed E-state index contributed by atoms with van der Waals surface area (Å²) in [7, 11) is 0. The maximum absolute atomic E-state index is 11.5. The highest BCUT2D eigenvalue weighted by molar-refractivity contribution is 5.29. The molecule has 1 aromatic carbocycles. The zero-order chi connectivity index (χ0) is 17.1. The fourth-order valence-electron chi connectivity index (χ4n) is 3.35. The summed E-state index contributed by atoms with van der Waals surface area (Å²) in [5.74, 6) is 0.292. The molecule has 1 saturated heterocycles. The highest BCUT2D eigenvalue weighted by atomic mass is 16.1. The molecule has 7 nitrogen and oxygen atoms in total. The smallest absolute Gasteiger partial charge is 0.250 e. The highest BCUT2D eigenvalue weighted by Crippen LogP contribution is 2.25. The molecule has 0 spiro atoms. The lowest BCUT2D eigenvalue weighted by Crippen LogP contribution is -2.34. The largest absolute Gasteiger partial charge is 0.313 e. The lowest BCUT2D eigenvalue weighted by Gasteiger charge is -2.31. The van der Waals surface area contributed by atoms with Gasteiger partial charge >= 0.3 is 0 Å². The van der Waals surface area contributed by atoms with Crippen molar-refractivity contribution in [2.75, 3.05) is 13.1 Å². The Morgan fingerprint density at radius 1 is 1.24 bits per heavy atom. The van der Waals surface area contributed by atoms with E-state index in [1.807, 2.05) is 36.5 Å². The maximum atomic E-state index is 11.5. The van der Waals surface area contributed by atoms with Gasteiger partial charge in [0.05, 0.1) is 29.6 Å². The number of H-pyrrole nitrogens is 1.